The van der Waals surface area contributed by atoms with Crippen LogP contribution in [0.1, 0.15) is 39.5 Å². The number of piperazine rings is 1. The van der Waals surface area contributed by atoms with Crippen LogP contribution in [0.5, 0.6) is 0 Å². The lowest BCUT2D eigenvalue weighted by molar-refractivity contribution is 0.0960. The van der Waals surface area contributed by atoms with Crippen molar-refractivity contribution in [2.75, 3.05) is 44.2 Å². The van der Waals surface area contributed by atoms with Gasteiger partial charge in [0, 0.05) is 57.1 Å². The lowest BCUT2D eigenvalue weighted by Crippen LogP contribution is -2.48. The Morgan fingerprint density at radius 1 is 1.07 bits per heavy atom. The van der Waals surface area contributed by atoms with Crippen LogP contribution in [0.3, 0.4) is 0 Å². The highest BCUT2D eigenvalue weighted by Crippen LogP contribution is 2.23. The van der Waals surface area contributed by atoms with E-state index in [2.05, 4.69) is 62.7 Å². The number of rotatable bonds is 5. The molecule has 0 atom stereocenters. The minimum absolute atomic E-state index is 0.612. The summed E-state index contributed by atoms with van der Waals surface area (Å²) >= 11 is 0. The lowest BCUT2D eigenvalue weighted by atomic mass is 9.99. The van der Waals surface area contributed by atoms with Crippen LogP contribution in [0, 0.1) is 5.92 Å². The molecular formula is C21H32N6O. The molecule has 2 saturated heterocycles. The van der Waals surface area contributed by atoms with Crippen LogP contribution in [-0.2, 0) is 6.54 Å². The molecule has 2 aliphatic heterocycles. The van der Waals surface area contributed by atoms with Crippen molar-refractivity contribution in [2.45, 2.75) is 46.2 Å². The Labute approximate surface area is 167 Å². The molecule has 0 N–H and O–H groups in total. The second kappa shape index (κ2) is 8.57. The first-order chi connectivity index (χ1) is 13.6. The van der Waals surface area contributed by atoms with E-state index in [-0.39, 0.29) is 0 Å². The summed E-state index contributed by atoms with van der Waals surface area (Å²) in [6.45, 7) is 14.0. The molecule has 0 amide bonds. The van der Waals surface area contributed by atoms with Gasteiger partial charge in [-0.1, -0.05) is 12.1 Å². The van der Waals surface area contributed by atoms with Gasteiger partial charge in [0.1, 0.15) is 5.82 Å². The topological polar surface area (TPSA) is 61.5 Å². The first-order valence-corrected chi connectivity index (χ1v) is 10.6. The van der Waals surface area contributed by atoms with Gasteiger partial charge < -0.3 is 9.42 Å². The molecule has 0 bridgehead atoms. The number of anilines is 1. The van der Waals surface area contributed by atoms with Gasteiger partial charge in [0.15, 0.2) is 0 Å². The highest BCUT2D eigenvalue weighted by molar-refractivity contribution is 5.55. The molecule has 0 unspecified atom stereocenters. The number of nitrogens with zero attached hydrogens (tertiary/aromatic N) is 6. The van der Waals surface area contributed by atoms with Crippen LogP contribution < -0.4 is 4.90 Å². The molecule has 0 spiro atoms. The Bertz CT molecular complexity index is 743. The van der Waals surface area contributed by atoms with Gasteiger partial charge >= 0.3 is 0 Å². The van der Waals surface area contributed by atoms with E-state index in [0.29, 0.717) is 17.8 Å². The number of piperidine rings is 1. The molecule has 2 aromatic heterocycles. The summed E-state index contributed by atoms with van der Waals surface area (Å²) < 4.78 is 5.50. The fourth-order valence-electron chi connectivity index (χ4n) is 4.01. The van der Waals surface area contributed by atoms with Gasteiger partial charge in [0.2, 0.25) is 11.7 Å². The highest BCUT2D eigenvalue weighted by Gasteiger charge is 2.21. The number of hydrogen-bond donors (Lipinski definition) is 0. The van der Waals surface area contributed by atoms with Gasteiger partial charge in [-0.2, -0.15) is 4.98 Å². The predicted octanol–water partition coefficient (Wildman–Crippen LogP) is 2.89. The third kappa shape index (κ3) is 4.52. The van der Waals surface area contributed by atoms with Crippen molar-refractivity contribution in [2.24, 2.45) is 5.92 Å². The average Bonchev–Trinajstić information content (AvgIpc) is 3.18. The normalized spacial score (nSPS) is 20.2. The van der Waals surface area contributed by atoms with E-state index in [0.717, 1.165) is 63.1 Å². The maximum absolute atomic E-state index is 5.50. The zero-order valence-electron chi connectivity index (χ0n) is 17.3. The summed E-state index contributed by atoms with van der Waals surface area (Å²) in [7, 11) is 0. The van der Waals surface area contributed by atoms with Crippen molar-refractivity contribution in [3.63, 3.8) is 0 Å². The van der Waals surface area contributed by atoms with Gasteiger partial charge in [0.05, 0.1) is 6.54 Å². The van der Waals surface area contributed by atoms with E-state index in [1.54, 1.807) is 0 Å². The summed E-state index contributed by atoms with van der Waals surface area (Å²) in [4.78, 5) is 16.5. The monoisotopic (exact) mass is 384 g/mol. The van der Waals surface area contributed by atoms with Crippen molar-refractivity contribution < 1.29 is 4.52 Å². The van der Waals surface area contributed by atoms with Crippen LogP contribution in [0.4, 0.5) is 5.82 Å². The summed E-state index contributed by atoms with van der Waals surface area (Å²) in [6, 6.07) is 4.74. The molecule has 7 heteroatoms. The second-order valence-corrected chi connectivity index (χ2v) is 8.49. The molecule has 2 aromatic rings. The largest absolute Gasteiger partial charge is 0.357 e. The summed E-state index contributed by atoms with van der Waals surface area (Å²) in [5.74, 6) is 3.17. The maximum Gasteiger partial charge on any atom is 0.241 e. The minimum atomic E-state index is 0.612. The molecule has 0 radical (unpaired) electrons. The van der Waals surface area contributed by atoms with E-state index >= 15 is 0 Å². The smallest absolute Gasteiger partial charge is 0.241 e. The Morgan fingerprint density at radius 3 is 2.46 bits per heavy atom. The molecule has 0 aromatic carbocycles. The third-order valence-electron chi connectivity index (χ3n) is 6.08. The fraction of sp³-hybridized carbons (Fsp3) is 0.667. The van der Waals surface area contributed by atoms with E-state index in [4.69, 9.17) is 4.52 Å². The molecule has 152 valence electrons. The van der Waals surface area contributed by atoms with E-state index in [1.807, 2.05) is 6.20 Å². The van der Waals surface area contributed by atoms with Crippen molar-refractivity contribution >= 4 is 5.82 Å². The van der Waals surface area contributed by atoms with Gasteiger partial charge in [-0.15, -0.1) is 0 Å². The molecule has 2 fully saturated rings. The first-order valence-electron chi connectivity index (χ1n) is 10.6. The molecule has 28 heavy (non-hydrogen) atoms. The van der Waals surface area contributed by atoms with Gasteiger partial charge in [-0.05, 0) is 44.7 Å². The zero-order chi connectivity index (χ0) is 19.5. The summed E-state index contributed by atoms with van der Waals surface area (Å²) in [5.41, 5.74) is 0.911. The Balaban J connectivity index is 1.34. The van der Waals surface area contributed by atoms with Crippen LogP contribution in [-0.4, -0.2) is 70.2 Å². The van der Waals surface area contributed by atoms with Crippen molar-refractivity contribution in [1.82, 2.24) is 24.9 Å². The third-order valence-corrected chi connectivity index (χ3v) is 6.08. The predicted molar refractivity (Wildman–Crippen MR) is 110 cm³/mol. The molecule has 0 aliphatic carbocycles. The Kier molecular flexibility index (Phi) is 5.92. The summed E-state index contributed by atoms with van der Waals surface area (Å²) in [6.07, 6.45) is 4.34. The average molecular weight is 385 g/mol. The van der Waals surface area contributed by atoms with Gasteiger partial charge in [-0.25, -0.2) is 4.98 Å². The molecule has 4 rings (SSSR count). The molecule has 0 saturated carbocycles. The SMILES string of the molecule is CC1CCN(c2ccc(-c3noc(CN4CCN(C(C)C)CC4)n3)cn2)CC1. The molecular weight excluding hydrogens is 352 g/mol. The Morgan fingerprint density at radius 2 is 1.82 bits per heavy atom. The van der Waals surface area contributed by atoms with E-state index in [9.17, 15) is 0 Å². The van der Waals surface area contributed by atoms with Crippen LogP contribution >= 0.6 is 0 Å². The van der Waals surface area contributed by atoms with Crippen LogP contribution in [0.15, 0.2) is 22.9 Å². The zero-order valence-corrected chi connectivity index (χ0v) is 17.3. The number of hydrogen-bond acceptors (Lipinski definition) is 7. The maximum atomic E-state index is 5.50. The van der Waals surface area contributed by atoms with Gasteiger partial charge in [-0.3, -0.25) is 9.80 Å². The highest BCUT2D eigenvalue weighted by atomic mass is 16.5. The molecule has 4 heterocycles. The van der Waals surface area contributed by atoms with Gasteiger partial charge in [0.25, 0.3) is 0 Å². The van der Waals surface area contributed by atoms with Crippen molar-refractivity contribution in [3.8, 4) is 11.4 Å². The van der Waals surface area contributed by atoms with Crippen LogP contribution in [0.2, 0.25) is 0 Å². The van der Waals surface area contributed by atoms with Crippen molar-refractivity contribution in [3.05, 3.63) is 24.2 Å². The first kappa shape index (κ1) is 19.3. The standard InChI is InChI=1S/C21H32N6O/c1-16(2)26-12-10-25(11-13-26)15-20-23-21(24-28-20)18-4-5-19(22-14-18)27-8-6-17(3)7-9-27/h4-5,14,16-17H,6-13,15H2,1-3H3. The lowest BCUT2D eigenvalue weighted by Gasteiger charge is -2.36. The fourth-order valence-corrected chi connectivity index (χ4v) is 4.01. The van der Waals surface area contributed by atoms with Crippen molar-refractivity contribution in [1.29, 1.82) is 0 Å². The molecule has 2 aliphatic rings. The molecule has 7 nitrogen and oxygen atoms in total. The van der Waals surface area contributed by atoms with E-state index in [1.165, 1.54) is 12.8 Å². The summed E-state index contributed by atoms with van der Waals surface area (Å²) in [5, 5.41) is 4.17. The Hall–Kier alpha value is -1.99. The quantitative estimate of drug-likeness (QED) is 0.785. The number of pyridine rings is 1. The minimum Gasteiger partial charge on any atom is -0.357 e. The van der Waals surface area contributed by atoms with Crippen LogP contribution in [0.25, 0.3) is 11.4 Å². The number of aromatic nitrogens is 3. The van der Waals surface area contributed by atoms with E-state index < -0.39 is 0 Å². The second-order valence-electron chi connectivity index (χ2n) is 8.49.